The molecule has 2 heterocycles. The highest BCUT2D eigenvalue weighted by Gasteiger charge is 2.42. The minimum Gasteiger partial charge on any atom is -0.415 e. The van der Waals surface area contributed by atoms with Crippen LogP contribution in [0.25, 0.3) is 11.1 Å². The summed E-state index contributed by atoms with van der Waals surface area (Å²) in [6, 6.07) is 10.1. The summed E-state index contributed by atoms with van der Waals surface area (Å²) >= 11 is 6.37. The molecule has 0 unspecified atom stereocenters. The zero-order chi connectivity index (χ0) is 29.0. The van der Waals surface area contributed by atoms with E-state index >= 15 is 0 Å². The third kappa shape index (κ3) is 6.71. The monoisotopic (exact) mass is 575 g/mol. The Hall–Kier alpha value is -4.98. The van der Waals surface area contributed by atoms with Gasteiger partial charge >= 0.3 is 12.1 Å². The molecule has 0 bridgehead atoms. The van der Waals surface area contributed by atoms with Crippen LogP contribution in [0.5, 0.6) is 0 Å². The number of aryl methyl sites for hydroxylation is 1. The number of hydrogen-bond donors (Lipinski definition) is 3. The number of halogens is 5. The van der Waals surface area contributed by atoms with E-state index in [1.807, 2.05) is 0 Å². The molecule has 0 aliphatic carbocycles. The number of nitrogens with zero attached hydrogens (tertiary/aromatic N) is 4. The minimum absolute atomic E-state index is 0.0554. The topological polar surface area (TPSA) is 123 Å². The molecule has 10 nitrogen and oxygen atoms in total. The summed E-state index contributed by atoms with van der Waals surface area (Å²) < 4.78 is 57.6. The smallest absolute Gasteiger partial charge is 0.415 e. The van der Waals surface area contributed by atoms with Crippen molar-refractivity contribution >= 4 is 52.3 Å². The van der Waals surface area contributed by atoms with Crippen molar-refractivity contribution in [2.45, 2.75) is 6.18 Å². The fourth-order valence-corrected chi connectivity index (χ4v) is 3.51. The molecule has 4 rings (SSSR count). The Balaban J connectivity index is 1.63. The number of ether oxygens (including phenoxy) is 1. The van der Waals surface area contributed by atoms with Crippen molar-refractivity contribution in [3.05, 3.63) is 84.2 Å². The molecule has 1 amide bonds. The van der Waals surface area contributed by atoms with Crippen molar-refractivity contribution < 1.29 is 31.9 Å². The van der Waals surface area contributed by atoms with Crippen LogP contribution in [0, 0.1) is 5.82 Å². The number of carbonyl (C=O) groups excluding carboxylic acids is 2. The van der Waals surface area contributed by atoms with Crippen LogP contribution in [0.1, 0.15) is 0 Å². The molecule has 0 radical (unpaired) electrons. The van der Waals surface area contributed by atoms with E-state index in [0.717, 1.165) is 18.2 Å². The van der Waals surface area contributed by atoms with Crippen molar-refractivity contribution in [1.82, 2.24) is 19.7 Å². The maximum absolute atomic E-state index is 14.8. The van der Waals surface area contributed by atoms with Crippen LogP contribution in [0.15, 0.2) is 73.4 Å². The fraction of sp³-hybridized carbons (Fsp3) is 0.0800. The van der Waals surface area contributed by atoms with Gasteiger partial charge in [0.15, 0.2) is 5.76 Å². The number of anilines is 5. The van der Waals surface area contributed by atoms with E-state index in [2.05, 4.69) is 42.3 Å². The number of benzene rings is 2. The first-order valence-electron chi connectivity index (χ1n) is 11.1. The predicted octanol–water partition coefficient (Wildman–Crippen LogP) is 5.71. The van der Waals surface area contributed by atoms with Crippen molar-refractivity contribution in [3.63, 3.8) is 0 Å². The van der Waals surface area contributed by atoms with Gasteiger partial charge in [0.25, 0.3) is 5.91 Å². The zero-order valence-electron chi connectivity index (χ0n) is 20.4. The number of alkyl halides is 3. The average molecular weight is 576 g/mol. The Morgan fingerprint density at radius 3 is 2.48 bits per heavy atom. The van der Waals surface area contributed by atoms with Crippen LogP contribution in [0.2, 0.25) is 5.02 Å². The van der Waals surface area contributed by atoms with Gasteiger partial charge in [-0.25, -0.2) is 14.2 Å². The van der Waals surface area contributed by atoms with Crippen molar-refractivity contribution in [3.8, 4) is 11.1 Å². The molecule has 2 aromatic carbocycles. The van der Waals surface area contributed by atoms with Gasteiger partial charge in [-0.05, 0) is 24.3 Å². The molecule has 0 atom stereocenters. The standard InChI is InChI=1S/C25H18ClF4N7O3/c1-13(40-23(39)25(28,29)30)22(38)33-14-7-8-19(27)20(9-14)35-21-17(16-5-3-4-6-18(16)26)11-31-24(36-21)34-15-10-32-37(2)12-15/h3-12H,1H2,2H3,(H,33,38)(H2,31,34,35,36). The summed E-state index contributed by atoms with van der Waals surface area (Å²) in [6.45, 7) is 3.02. The summed E-state index contributed by atoms with van der Waals surface area (Å²) in [5, 5.41) is 12.4. The van der Waals surface area contributed by atoms with E-state index in [0.29, 0.717) is 21.8 Å². The summed E-state index contributed by atoms with van der Waals surface area (Å²) in [5.74, 6) is -5.47. The van der Waals surface area contributed by atoms with E-state index in [1.165, 1.54) is 6.20 Å². The molecule has 0 aliphatic heterocycles. The Morgan fingerprint density at radius 1 is 1.05 bits per heavy atom. The molecule has 15 heteroatoms. The number of rotatable bonds is 8. The van der Waals surface area contributed by atoms with Crippen LogP contribution in [0.4, 0.5) is 46.4 Å². The van der Waals surface area contributed by atoms with Crippen LogP contribution in [-0.4, -0.2) is 37.8 Å². The number of aromatic nitrogens is 4. The van der Waals surface area contributed by atoms with Gasteiger partial charge in [-0.15, -0.1) is 0 Å². The molecular formula is C25H18ClF4N7O3. The van der Waals surface area contributed by atoms with E-state index in [1.54, 1.807) is 48.4 Å². The molecule has 4 aromatic rings. The largest absolute Gasteiger partial charge is 0.491 e. The van der Waals surface area contributed by atoms with E-state index in [-0.39, 0.29) is 23.1 Å². The lowest BCUT2D eigenvalue weighted by Crippen LogP contribution is -2.28. The second kappa shape index (κ2) is 11.4. The Labute approximate surface area is 228 Å². The number of amides is 1. The molecule has 40 heavy (non-hydrogen) atoms. The third-order valence-electron chi connectivity index (χ3n) is 5.09. The Bertz CT molecular complexity index is 1610. The van der Waals surface area contributed by atoms with Gasteiger partial charge in [0, 0.05) is 41.3 Å². The van der Waals surface area contributed by atoms with Crippen molar-refractivity contribution in [2.75, 3.05) is 16.0 Å². The van der Waals surface area contributed by atoms with Crippen LogP contribution >= 0.6 is 11.6 Å². The lowest BCUT2D eigenvalue weighted by molar-refractivity contribution is -0.195. The van der Waals surface area contributed by atoms with E-state index < -0.39 is 29.6 Å². The summed E-state index contributed by atoms with van der Waals surface area (Å²) in [7, 11) is 1.73. The second-order valence-corrected chi connectivity index (χ2v) is 8.45. The first-order chi connectivity index (χ1) is 18.9. The van der Waals surface area contributed by atoms with Gasteiger partial charge in [-0.1, -0.05) is 36.4 Å². The highest BCUT2D eigenvalue weighted by molar-refractivity contribution is 6.33. The van der Waals surface area contributed by atoms with Crippen LogP contribution in [0.3, 0.4) is 0 Å². The Morgan fingerprint density at radius 2 is 1.80 bits per heavy atom. The van der Waals surface area contributed by atoms with E-state index in [4.69, 9.17) is 11.6 Å². The maximum atomic E-state index is 14.8. The van der Waals surface area contributed by atoms with Crippen molar-refractivity contribution in [1.29, 1.82) is 0 Å². The van der Waals surface area contributed by atoms with Gasteiger partial charge in [0.1, 0.15) is 11.6 Å². The van der Waals surface area contributed by atoms with Crippen LogP contribution < -0.4 is 16.0 Å². The van der Waals surface area contributed by atoms with Gasteiger partial charge in [0.2, 0.25) is 5.95 Å². The SMILES string of the molecule is C=C(OC(=O)C(F)(F)F)C(=O)Nc1ccc(F)c(Nc2nc(Nc3cnn(C)c3)ncc2-c2ccccc2Cl)c1. The molecule has 2 aromatic heterocycles. The lowest BCUT2D eigenvalue weighted by Gasteiger charge is -2.15. The Kier molecular flexibility index (Phi) is 8.00. The molecular weight excluding hydrogens is 558 g/mol. The first-order valence-corrected chi connectivity index (χ1v) is 11.5. The molecule has 206 valence electrons. The number of esters is 1. The normalized spacial score (nSPS) is 11.1. The van der Waals surface area contributed by atoms with Gasteiger partial charge in [-0.2, -0.15) is 23.3 Å². The molecule has 0 fully saturated rings. The van der Waals surface area contributed by atoms with Gasteiger partial charge in [-0.3, -0.25) is 9.48 Å². The highest BCUT2D eigenvalue weighted by Crippen LogP contribution is 2.35. The molecule has 0 aliphatic rings. The molecule has 0 saturated heterocycles. The predicted molar refractivity (Wildman–Crippen MR) is 139 cm³/mol. The third-order valence-corrected chi connectivity index (χ3v) is 5.42. The second-order valence-electron chi connectivity index (χ2n) is 8.05. The lowest BCUT2D eigenvalue weighted by atomic mass is 10.1. The highest BCUT2D eigenvalue weighted by atomic mass is 35.5. The number of carbonyl (C=O) groups is 2. The van der Waals surface area contributed by atoms with Gasteiger partial charge < -0.3 is 20.7 Å². The van der Waals surface area contributed by atoms with Crippen LogP contribution in [-0.2, 0) is 21.4 Å². The number of hydrogen-bond acceptors (Lipinski definition) is 8. The fourth-order valence-electron chi connectivity index (χ4n) is 3.27. The maximum Gasteiger partial charge on any atom is 0.491 e. The zero-order valence-corrected chi connectivity index (χ0v) is 21.1. The van der Waals surface area contributed by atoms with Gasteiger partial charge in [0.05, 0.1) is 17.6 Å². The molecule has 3 N–H and O–H groups in total. The molecule has 0 spiro atoms. The summed E-state index contributed by atoms with van der Waals surface area (Å²) in [6.07, 6.45) is -0.621. The average Bonchev–Trinajstić information content (AvgIpc) is 3.30. The molecule has 0 saturated carbocycles. The quantitative estimate of drug-likeness (QED) is 0.106. The first kappa shape index (κ1) is 28.0. The minimum atomic E-state index is -5.32. The van der Waals surface area contributed by atoms with Crippen molar-refractivity contribution in [2.24, 2.45) is 7.05 Å². The summed E-state index contributed by atoms with van der Waals surface area (Å²) in [5.41, 5.74) is 1.30. The summed E-state index contributed by atoms with van der Waals surface area (Å²) in [4.78, 5) is 31.9. The number of nitrogens with one attached hydrogen (secondary N) is 3. The van der Waals surface area contributed by atoms with E-state index in [9.17, 15) is 27.2 Å².